The zero-order valence-electron chi connectivity index (χ0n) is 9.00. The Labute approximate surface area is 98.9 Å². The van der Waals surface area contributed by atoms with Crippen LogP contribution in [0.5, 0.6) is 0 Å². The van der Waals surface area contributed by atoms with Crippen molar-refractivity contribution < 1.29 is 9.53 Å². The predicted octanol–water partition coefficient (Wildman–Crippen LogP) is 1.68. The van der Waals surface area contributed by atoms with Crippen LogP contribution in [-0.2, 0) is 9.53 Å². The minimum atomic E-state index is -0.254. The number of anilines is 2. The molecule has 0 fully saturated rings. The fourth-order valence-electron chi connectivity index (χ4n) is 1.10. The number of aromatic nitrogens is 1. The molecule has 0 bridgehead atoms. The maximum absolute atomic E-state index is 11.0. The highest BCUT2D eigenvalue weighted by molar-refractivity contribution is 6.29. The van der Waals surface area contributed by atoms with Crippen molar-refractivity contribution in [3.8, 4) is 0 Å². The van der Waals surface area contributed by atoms with E-state index < -0.39 is 0 Å². The van der Waals surface area contributed by atoms with Crippen LogP contribution < -0.4 is 11.1 Å². The highest BCUT2D eigenvalue weighted by atomic mass is 35.5. The van der Waals surface area contributed by atoms with Crippen LogP contribution in [0, 0.1) is 0 Å². The third kappa shape index (κ3) is 3.94. The molecule has 16 heavy (non-hydrogen) atoms. The number of halogens is 1. The molecular weight excluding hydrogens is 230 g/mol. The SMILES string of the molecule is CCOC(=O)CCNc1nc(Cl)ccc1N. The second-order valence-corrected chi connectivity index (χ2v) is 3.44. The quantitative estimate of drug-likeness (QED) is 0.608. The molecule has 88 valence electrons. The van der Waals surface area contributed by atoms with Crippen LogP contribution in [0.3, 0.4) is 0 Å². The average Bonchev–Trinajstić information content (AvgIpc) is 2.23. The van der Waals surface area contributed by atoms with Gasteiger partial charge < -0.3 is 15.8 Å². The number of esters is 1. The number of nitrogens with one attached hydrogen (secondary N) is 1. The lowest BCUT2D eigenvalue weighted by atomic mass is 10.3. The first-order chi connectivity index (χ1) is 7.63. The van der Waals surface area contributed by atoms with Crippen molar-refractivity contribution in [2.24, 2.45) is 0 Å². The molecule has 5 nitrogen and oxygen atoms in total. The molecule has 1 rings (SSSR count). The normalized spacial score (nSPS) is 9.88. The van der Waals surface area contributed by atoms with E-state index in [0.717, 1.165) is 0 Å². The largest absolute Gasteiger partial charge is 0.466 e. The number of nitrogen functional groups attached to an aromatic ring is 1. The molecular formula is C10H14ClN3O2. The van der Waals surface area contributed by atoms with E-state index in [4.69, 9.17) is 22.1 Å². The summed E-state index contributed by atoms with van der Waals surface area (Å²) in [5, 5.41) is 3.28. The van der Waals surface area contributed by atoms with E-state index in [9.17, 15) is 4.79 Å². The minimum Gasteiger partial charge on any atom is -0.466 e. The molecule has 0 amide bonds. The molecule has 0 radical (unpaired) electrons. The van der Waals surface area contributed by atoms with E-state index in [0.29, 0.717) is 29.8 Å². The lowest BCUT2D eigenvalue weighted by Gasteiger charge is -2.07. The van der Waals surface area contributed by atoms with Crippen molar-refractivity contribution in [3.05, 3.63) is 17.3 Å². The molecule has 6 heteroatoms. The molecule has 1 aromatic heterocycles. The summed E-state index contributed by atoms with van der Waals surface area (Å²) in [6, 6.07) is 3.26. The van der Waals surface area contributed by atoms with Gasteiger partial charge in [-0.1, -0.05) is 11.6 Å². The van der Waals surface area contributed by atoms with Gasteiger partial charge in [-0.3, -0.25) is 4.79 Å². The summed E-state index contributed by atoms with van der Waals surface area (Å²) >= 11 is 5.71. The summed E-state index contributed by atoms with van der Waals surface area (Å²) in [6.45, 7) is 2.56. The predicted molar refractivity (Wildman–Crippen MR) is 63.4 cm³/mol. The summed E-state index contributed by atoms with van der Waals surface area (Å²) in [6.07, 6.45) is 0.265. The van der Waals surface area contributed by atoms with Gasteiger partial charge in [0.05, 0.1) is 18.7 Å². The summed E-state index contributed by atoms with van der Waals surface area (Å²) in [7, 11) is 0. The van der Waals surface area contributed by atoms with Crippen LogP contribution in [0.4, 0.5) is 11.5 Å². The Kier molecular flexibility index (Phi) is 4.85. The first-order valence-electron chi connectivity index (χ1n) is 4.95. The van der Waals surface area contributed by atoms with Gasteiger partial charge in [-0.15, -0.1) is 0 Å². The average molecular weight is 244 g/mol. The third-order valence-electron chi connectivity index (χ3n) is 1.82. The van der Waals surface area contributed by atoms with Crippen molar-refractivity contribution in [2.45, 2.75) is 13.3 Å². The van der Waals surface area contributed by atoms with Crippen LogP contribution >= 0.6 is 11.6 Å². The highest BCUT2D eigenvalue weighted by Crippen LogP contribution is 2.17. The summed E-state index contributed by atoms with van der Waals surface area (Å²) < 4.78 is 4.78. The van der Waals surface area contributed by atoms with Gasteiger partial charge in [0.25, 0.3) is 0 Å². The first kappa shape index (κ1) is 12.6. The van der Waals surface area contributed by atoms with Crippen LogP contribution in [0.25, 0.3) is 0 Å². The Hall–Kier alpha value is -1.49. The minimum absolute atomic E-state index is 0.254. The first-order valence-corrected chi connectivity index (χ1v) is 5.32. The molecule has 3 N–H and O–H groups in total. The summed E-state index contributed by atoms with van der Waals surface area (Å²) in [5.74, 6) is 0.229. The number of carbonyl (C=O) groups excluding carboxylic acids is 1. The van der Waals surface area contributed by atoms with E-state index in [2.05, 4.69) is 10.3 Å². The number of pyridine rings is 1. The van der Waals surface area contributed by atoms with E-state index in [1.54, 1.807) is 19.1 Å². The number of nitrogens with zero attached hydrogens (tertiary/aromatic N) is 1. The number of hydrogen-bond donors (Lipinski definition) is 2. The number of carbonyl (C=O) groups is 1. The lowest BCUT2D eigenvalue weighted by molar-refractivity contribution is -0.142. The van der Waals surface area contributed by atoms with Crippen molar-refractivity contribution in [3.63, 3.8) is 0 Å². The van der Waals surface area contributed by atoms with Gasteiger partial charge in [-0.25, -0.2) is 4.98 Å². The van der Waals surface area contributed by atoms with Crippen molar-refractivity contribution in [1.29, 1.82) is 0 Å². The number of hydrogen-bond acceptors (Lipinski definition) is 5. The molecule has 0 atom stereocenters. The van der Waals surface area contributed by atoms with Gasteiger partial charge >= 0.3 is 5.97 Å². The van der Waals surface area contributed by atoms with E-state index in [-0.39, 0.29) is 12.4 Å². The maximum atomic E-state index is 11.0. The second-order valence-electron chi connectivity index (χ2n) is 3.05. The Morgan fingerprint density at radius 3 is 3.06 bits per heavy atom. The van der Waals surface area contributed by atoms with Gasteiger partial charge in [-0.05, 0) is 19.1 Å². The Bertz CT molecular complexity index is 371. The molecule has 1 heterocycles. The molecule has 0 aliphatic carbocycles. The molecule has 0 saturated carbocycles. The van der Waals surface area contributed by atoms with Crippen LogP contribution in [0.1, 0.15) is 13.3 Å². The standard InChI is InChI=1S/C10H14ClN3O2/c1-2-16-9(15)5-6-13-10-7(12)3-4-8(11)14-10/h3-4H,2,5-6,12H2,1H3,(H,13,14). The van der Waals surface area contributed by atoms with Crippen LogP contribution in [0.15, 0.2) is 12.1 Å². The Morgan fingerprint density at radius 1 is 1.62 bits per heavy atom. The van der Waals surface area contributed by atoms with E-state index >= 15 is 0 Å². The summed E-state index contributed by atoms with van der Waals surface area (Å²) in [5.41, 5.74) is 6.16. The molecule has 0 unspecified atom stereocenters. The second kappa shape index (κ2) is 6.17. The fourth-order valence-corrected chi connectivity index (χ4v) is 1.25. The smallest absolute Gasteiger partial charge is 0.307 e. The van der Waals surface area contributed by atoms with Gasteiger partial charge in [0.15, 0.2) is 5.82 Å². The maximum Gasteiger partial charge on any atom is 0.307 e. The summed E-state index contributed by atoms with van der Waals surface area (Å²) in [4.78, 5) is 15.0. The molecule has 0 spiro atoms. The van der Waals surface area contributed by atoms with Gasteiger partial charge in [0, 0.05) is 6.54 Å². The molecule has 0 saturated heterocycles. The number of nitrogens with two attached hydrogens (primary N) is 1. The molecule has 0 aliphatic rings. The topological polar surface area (TPSA) is 77.2 Å². The van der Waals surface area contributed by atoms with Crippen molar-refractivity contribution in [2.75, 3.05) is 24.2 Å². The Balaban J connectivity index is 2.42. The van der Waals surface area contributed by atoms with E-state index in [1.807, 2.05) is 0 Å². The van der Waals surface area contributed by atoms with Crippen LogP contribution in [0.2, 0.25) is 5.15 Å². The van der Waals surface area contributed by atoms with E-state index in [1.165, 1.54) is 0 Å². The van der Waals surface area contributed by atoms with Gasteiger partial charge in [-0.2, -0.15) is 0 Å². The number of rotatable bonds is 5. The molecule has 0 aliphatic heterocycles. The Morgan fingerprint density at radius 2 is 2.38 bits per heavy atom. The lowest BCUT2D eigenvalue weighted by Crippen LogP contribution is -2.12. The zero-order chi connectivity index (χ0) is 12.0. The van der Waals surface area contributed by atoms with Crippen LogP contribution in [-0.4, -0.2) is 24.1 Å². The van der Waals surface area contributed by atoms with Crippen molar-refractivity contribution in [1.82, 2.24) is 4.98 Å². The fraction of sp³-hybridized carbons (Fsp3) is 0.400. The highest BCUT2D eigenvalue weighted by Gasteiger charge is 2.04. The number of ether oxygens (including phenoxy) is 1. The third-order valence-corrected chi connectivity index (χ3v) is 2.03. The molecule has 0 aromatic carbocycles. The molecule has 1 aromatic rings. The monoisotopic (exact) mass is 243 g/mol. The zero-order valence-corrected chi connectivity index (χ0v) is 9.75. The van der Waals surface area contributed by atoms with Crippen molar-refractivity contribution >= 4 is 29.1 Å². The van der Waals surface area contributed by atoms with Gasteiger partial charge in [0.2, 0.25) is 0 Å². The van der Waals surface area contributed by atoms with Gasteiger partial charge in [0.1, 0.15) is 5.15 Å².